The fourth-order valence-corrected chi connectivity index (χ4v) is 1.67. The first-order valence-electron chi connectivity index (χ1n) is 7.35. The Hall–Kier alpha value is -2.96. The first-order valence-corrected chi connectivity index (χ1v) is 7.35. The molecule has 0 unspecified atom stereocenters. The molecule has 0 aliphatic carbocycles. The van der Waals surface area contributed by atoms with Crippen LogP contribution < -0.4 is 5.32 Å². The Morgan fingerprint density at radius 3 is 1.71 bits per heavy atom. The molecule has 7 nitrogen and oxygen atoms in total. The summed E-state index contributed by atoms with van der Waals surface area (Å²) in [5, 5.41) is 17.5. The Morgan fingerprint density at radius 2 is 1.36 bits per heavy atom. The maximum absolute atomic E-state index is 10.6. The lowest BCUT2D eigenvalue weighted by atomic mass is 10.00. The van der Waals surface area contributed by atoms with Gasteiger partial charge in [0, 0.05) is 25.2 Å². The Morgan fingerprint density at radius 1 is 0.929 bits per heavy atom. The van der Waals surface area contributed by atoms with E-state index in [1.54, 1.807) is 0 Å². The number of carboxylic acids is 2. The van der Waals surface area contributed by atoms with Gasteiger partial charge in [-0.2, -0.15) is 26.3 Å². The molecule has 1 aliphatic rings. The molecular formula is C15H13F6N3O4. The van der Waals surface area contributed by atoms with E-state index in [0.29, 0.717) is 5.92 Å². The molecule has 2 heterocycles. The summed E-state index contributed by atoms with van der Waals surface area (Å²) in [5.41, 5.74) is 3.09. The van der Waals surface area contributed by atoms with Gasteiger partial charge < -0.3 is 15.5 Å². The monoisotopic (exact) mass is 413 g/mol. The van der Waals surface area contributed by atoms with Crippen LogP contribution in [0.25, 0.3) is 11.0 Å². The second kappa shape index (κ2) is 9.30. The summed E-state index contributed by atoms with van der Waals surface area (Å²) in [6.45, 7) is 2.07. The molecule has 0 atom stereocenters. The number of hydrogen-bond acceptors (Lipinski definition) is 5. The van der Waals surface area contributed by atoms with Crippen molar-refractivity contribution >= 4 is 23.0 Å². The van der Waals surface area contributed by atoms with Gasteiger partial charge in [0.25, 0.3) is 0 Å². The fraction of sp³-hybridized carbons (Fsp3) is 0.333. The van der Waals surface area contributed by atoms with Gasteiger partial charge in [-0.25, -0.2) is 14.6 Å². The minimum Gasteiger partial charge on any atom is -0.475 e. The topological polar surface area (TPSA) is 112 Å². The molecule has 1 aliphatic heterocycles. The number of halogens is 6. The van der Waals surface area contributed by atoms with Crippen LogP contribution >= 0.6 is 0 Å². The van der Waals surface area contributed by atoms with Crippen LogP contribution in [0.15, 0.2) is 30.5 Å². The highest BCUT2D eigenvalue weighted by Crippen LogP contribution is 2.19. The zero-order valence-corrected chi connectivity index (χ0v) is 13.8. The summed E-state index contributed by atoms with van der Waals surface area (Å²) >= 11 is 0. The zero-order chi connectivity index (χ0) is 21.5. The van der Waals surface area contributed by atoms with E-state index < -0.39 is 24.3 Å². The Bertz CT molecular complexity index is 797. The van der Waals surface area contributed by atoms with Crippen LogP contribution in [0.4, 0.5) is 26.3 Å². The smallest absolute Gasteiger partial charge is 0.475 e. The molecular weight excluding hydrogens is 400 g/mol. The number of carbonyl (C=O) groups is 2. The van der Waals surface area contributed by atoms with Crippen LogP contribution in [0.2, 0.25) is 0 Å². The summed E-state index contributed by atoms with van der Waals surface area (Å²) in [6, 6.07) is 7.99. The van der Waals surface area contributed by atoms with Crippen LogP contribution in [0, 0.1) is 0 Å². The van der Waals surface area contributed by atoms with Crippen molar-refractivity contribution in [3.8, 4) is 0 Å². The third kappa shape index (κ3) is 7.34. The molecule has 1 saturated heterocycles. The number of para-hydroxylation sites is 2. The third-order valence-electron chi connectivity index (χ3n) is 3.15. The van der Waals surface area contributed by atoms with E-state index >= 15 is 0 Å². The largest absolute Gasteiger partial charge is 0.490 e. The molecule has 3 rings (SSSR count). The van der Waals surface area contributed by atoms with E-state index in [9.17, 15) is 26.3 Å². The number of nitrogens with one attached hydrogen (secondary N) is 1. The quantitative estimate of drug-likeness (QED) is 0.616. The first-order chi connectivity index (χ1) is 12.8. The lowest BCUT2D eigenvalue weighted by molar-refractivity contribution is -0.193. The molecule has 0 amide bonds. The zero-order valence-electron chi connectivity index (χ0n) is 13.8. The van der Waals surface area contributed by atoms with Gasteiger partial charge in [-0.1, -0.05) is 12.1 Å². The number of carboxylic acid groups (broad SMARTS) is 2. The summed E-state index contributed by atoms with van der Waals surface area (Å²) in [5.74, 6) is -4.95. The fourth-order valence-electron chi connectivity index (χ4n) is 1.67. The number of rotatable bonds is 1. The van der Waals surface area contributed by atoms with E-state index in [0.717, 1.165) is 29.8 Å². The maximum atomic E-state index is 10.6. The van der Waals surface area contributed by atoms with E-state index in [2.05, 4.69) is 15.3 Å². The highest BCUT2D eigenvalue weighted by Gasteiger charge is 2.38. The van der Waals surface area contributed by atoms with Gasteiger partial charge in [0.1, 0.15) is 0 Å². The number of nitrogens with zero attached hydrogens (tertiary/aromatic N) is 2. The first kappa shape index (κ1) is 23.1. The van der Waals surface area contributed by atoms with Crippen LogP contribution in [0.5, 0.6) is 0 Å². The molecule has 3 N–H and O–H groups in total. The molecule has 0 bridgehead atoms. The highest BCUT2D eigenvalue weighted by atomic mass is 19.4. The van der Waals surface area contributed by atoms with E-state index in [1.165, 1.54) is 0 Å². The molecule has 28 heavy (non-hydrogen) atoms. The predicted molar refractivity (Wildman–Crippen MR) is 82.5 cm³/mol. The number of alkyl halides is 6. The number of aromatic nitrogens is 2. The van der Waals surface area contributed by atoms with Crippen LogP contribution in [-0.2, 0) is 9.59 Å². The normalized spacial score (nSPS) is 14.1. The van der Waals surface area contributed by atoms with Gasteiger partial charge >= 0.3 is 24.3 Å². The number of benzene rings is 1. The van der Waals surface area contributed by atoms with Crippen molar-refractivity contribution in [3.05, 3.63) is 36.2 Å². The average molecular weight is 413 g/mol. The molecule has 0 radical (unpaired) electrons. The lowest BCUT2D eigenvalue weighted by Crippen LogP contribution is -2.40. The standard InChI is InChI=1S/C11H11N3.2C2HF3O2/c1-2-4-10-9(3-1)13-7-11(14-10)8-5-12-6-8;2*3-2(4,5)1(6)7/h1-4,7-8,12H,5-6H2;2*(H,6,7). The second-order valence-electron chi connectivity index (χ2n) is 5.24. The van der Waals surface area contributed by atoms with E-state index in [1.807, 2.05) is 30.5 Å². The minimum atomic E-state index is -5.08. The second-order valence-corrected chi connectivity index (χ2v) is 5.24. The van der Waals surface area contributed by atoms with E-state index in [4.69, 9.17) is 19.8 Å². The molecule has 154 valence electrons. The molecule has 13 heteroatoms. The van der Waals surface area contributed by atoms with Gasteiger partial charge in [-0.3, -0.25) is 4.98 Å². The van der Waals surface area contributed by atoms with E-state index in [-0.39, 0.29) is 0 Å². The third-order valence-corrected chi connectivity index (χ3v) is 3.15. The van der Waals surface area contributed by atoms with Gasteiger partial charge in [0.05, 0.1) is 16.7 Å². The Kier molecular flexibility index (Phi) is 7.67. The summed E-state index contributed by atoms with van der Waals surface area (Å²) in [6.07, 6.45) is -8.27. The Labute approximate surface area is 153 Å². The van der Waals surface area contributed by atoms with Crippen molar-refractivity contribution in [1.29, 1.82) is 0 Å². The molecule has 2 aromatic rings. The molecule has 0 saturated carbocycles. The maximum Gasteiger partial charge on any atom is 0.490 e. The molecule has 0 spiro atoms. The molecule has 1 fully saturated rings. The van der Waals surface area contributed by atoms with Gasteiger partial charge in [0.15, 0.2) is 0 Å². The average Bonchev–Trinajstić information content (AvgIpc) is 2.52. The van der Waals surface area contributed by atoms with Crippen molar-refractivity contribution in [2.24, 2.45) is 0 Å². The van der Waals surface area contributed by atoms with Crippen molar-refractivity contribution < 1.29 is 46.1 Å². The summed E-state index contributed by atoms with van der Waals surface area (Å²) < 4.78 is 63.5. The van der Waals surface area contributed by atoms with Crippen molar-refractivity contribution in [2.45, 2.75) is 18.3 Å². The lowest BCUT2D eigenvalue weighted by Gasteiger charge is -2.26. The SMILES string of the molecule is O=C(O)C(F)(F)F.O=C(O)C(F)(F)F.c1ccc2nc(C3CNC3)cnc2c1. The summed E-state index contributed by atoms with van der Waals surface area (Å²) in [4.78, 5) is 26.8. The highest BCUT2D eigenvalue weighted by molar-refractivity contribution is 5.74. The van der Waals surface area contributed by atoms with Crippen molar-refractivity contribution in [3.63, 3.8) is 0 Å². The van der Waals surface area contributed by atoms with Gasteiger partial charge in [-0.05, 0) is 12.1 Å². The van der Waals surface area contributed by atoms with Crippen LogP contribution in [0.3, 0.4) is 0 Å². The van der Waals surface area contributed by atoms with Crippen molar-refractivity contribution in [2.75, 3.05) is 13.1 Å². The summed E-state index contributed by atoms with van der Waals surface area (Å²) in [7, 11) is 0. The molecule has 1 aromatic heterocycles. The molecule has 1 aromatic carbocycles. The van der Waals surface area contributed by atoms with Crippen LogP contribution in [0.1, 0.15) is 11.6 Å². The number of aliphatic carboxylic acids is 2. The van der Waals surface area contributed by atoms with Gasteiger partial charge in [0.2, 0.25) is 0 Å². The van der Waals surface area contributed by atoms with Crippen LogP contribution in [-0.4, -0.2) is 57.6 Å². The minimum absolute atomic E-state index is 0.562. The predicted octanol–water partition coefficient (Wildman–Crippen LogP) is 2.58. The number of hydrogen-bond donors (Lipinski definition) is 3. The van der Waals surface area contributed by atoms with Gasteiger partial charge in [-0.15, -0.1) is 0 Å². The Balaban J connectivity index is 0.000000240. The number of fused-ring (bicyclic) bond motifs is 1. The van der Waals surface area contributed by atoms with Crippen molar-refractivity contribution in [1.82, 2.24) is 15.3 Å².